The standard InChI is InChI=1S/C16H20N4O/c1-2-21-16-14-6-9-20(10-7-15(14)18-12-19-16)11-13-5-3-4-8-17-13/h3-5,8,12H,2,6-7,9-11H2,1H3. The summed E-state index contributed by atoms with van der Waals surface area (Å²) in [5.41, 5.74) is 3.40. The van der Waals surface area contributed by atoms with Crippen LogP contribution in [0.3, 0.4) is 0 Å². The summed E-state index contributed by atoms with van der Waals surface area (Å²) in [4.78, 5) is 15.5. The topological polar surface area (TPSA) is 51.1 Å². The Balaban J connectivity index is 1.72. The third kappa shape index (κ3) is 3.36. The zero-order valence-corrected chi connectivity index (χ0v) is 12.3. The Hall–Kier alpha value is -2.01. The van der Waals surface area contributed by atoms with Gasteiger partial charge < -0.3 is 4.74 Å². The first-order chi connectivity index (χ1) is 10.4. The van der Waals surface area contributed by atoms with Crippen LogP contribution in [0.5, 0.6) is 5.88 Å². The largest absolute Gasteiger partial charge is 0.478 e. The number of aromatic nitrogens is 3. The third-order valence-corrected chi connectivity index (χ3v) is 3.73. The number of pyridine rings is 1. The molecule has 0 bridgehead atoms. The van der Waals surface area contributed by atoms with Gasteiger partial charge >= 0.3 is 0 Å². The van der Waals surface area contributed by atoms with Crippen molar-refractivity contribution in [2.45, 2.75) is 26.3 Å². The van der Waals surface area contributed by atoms with Crippen LogP contribution in [0.2, 0.25) is 0 Å². The lowest BCUT2D eigenvalue weighted by molar-refractivity contribution is 0.274. The molecular formula is C16H20N4O. The van der Waals surface area contributed by atoms with E-state index in [2.05, 4.69) is 25.9 Å². The third-order valence-electron chi connectivity index (χ3n) is 3.73. The van der Waals surface area contributed by atoms with E-state index in [0.29, 0.717) is 6.61 Å². The summed E-state index contributed by atoms with van der Waals surface area (Å²) in [5, 5.41) is 0. The first kappa shape index (κ1) is 13.9. The Morgan fingerprint density at radius 1 is 1.14 bits per heavy atom. The van der Waals surface area contributed by atoms with Gasteiger partial charge in [-0.1, -0.05) is 6.07 Å². The first-order valence-electron chi connectivity index (χ1n) is 7.44. The molecule has 0 unspecified atom stereocenters. The second-order valence-electron chi connectivity index (χ2n) is 5.13. The summed E-state index contributed by atoms with van der Waals surface area (Å²) >= 11 is 0. The maximum atomic E-state index is 5.63. The van der Waals surface area contributed by atoms with Gasteiger partial charge in [0.2, 0.25) is 5.88 Å². The number of fused-ring (bicyclic) bond motifs is 1. The number of hydrogen-bond donors (Lipinski definition) is 0. The summed E-state index contributed by atoms with van der Waals surface area (Å²) in [6.45, 7) is 5.48. The van der Waals surface area contributed by atoms with Gasteiger partial charge in [0.15, 0.2) is 0 Å². The number of rotatable bonds is 4. The van der Waals surface area contributed by atoms with Crippen LogP contribution >= 0.6 is 0 Å². The summed E-state index contributed by atoms with van der Waals surface area (Å²) in [6, 6.07) is 6.06. The number of hydrogen-bond acceptors (Lipinski definition) is 5. The van der Waals surface area contributed by atoms with Crippen molar-refractivity contribution >= 4 is 0 Å². The highest BCUT2D eigenvalue weighted by Gasteiger charge is 2.19. The predicted molar refractivity (Wildman–Crippen MR) is 80.1 cm³/mol. The van der Waals surface area contributed by atoms with Gasteiger partial charge in [-0.3, -0.25) is 9.88 Å². The van der Waals surface area contributed by atoms with Gasteiger partial charge in [-0.15, -0.1) is 0 Å². The minimum atomic E-state index is 0.640. The monoisotopic (exact) mass is 284 g/mol. The lowest BCUT2D eigenvalue weighted by atomic mass is 10.1. The maximum Gasteiger partial charge on any atom is 0.219 e. The van der Waals surface area contributed by atoms with E-state index in [1.807, 2.05) is 25.3 Å². The highest BCUT2D eigenvalue weighted by Crippen LogP contribution is 2.22. The fourth-order valence-corrected chi connectivity index (χ4v) is 2.68. The number of nitrogens with zero attached hydrogens (tertiary/aromatic N) is 4. The molecule has 3 rings (SSSR count). The molecule has 0 N–H and O–H groups in total. The van der Waals surface area contributed by atoms with Crippen molar-refractivity contribution in [3.8, 4) is 5.88 Å². The average Bonchev–Trinajstić information content (AvgIpc) is 2.72. The molecule has 0 fully saturated rings. The minimum Gasteiger partial charge on any atom is -0.478 e. The molecule has 2 aromatic heterocycles. The molecule has 21 heavy (non-hydrogen) atoms. The Bertz CT molecular complexity index is 588. The van der Waals surface area contributed by atoms with Crippen LogP contribution in [0.1, 0.15) is 23.9 Å². The Labute approximate surface area is 125 Å². The van der Waals surface area contributed by atoms with Crippen molar-refractivity contribution in [2.24, 2.45) is 0 Å². The van der Waals surface area contributed by atoms with Crippen LogP contribution < -0.4 is 4.74 Å². The minimum absolute atomic E-state index is 0.640. The molecule has 5 heteroatoms. The zero-order valence-electron chi connectivity index (χ0n) is 12.3. The van der Waals surface area contributed by atoms with Gasteiger partial charge in [0.05, 0.1) is 18.0 Å². The normalized spacial score (nSPS) is 15.3. The van der Waals surface area contributed by atoms with E-state index in [1.165, 1.54) is 5.56 Å². The van der Waals surface area contributed by atoms with Crippen LogP contribution in [0.4, 0.5) is 0 Å². The smallest absolute Gasteiger partial charge is 0.219 e. The van der Waals surface area contributed by atoms with E-state index in [9.17, 15) is 0 Å². The van der Waals surface area contributed by atoms with E-state index < -0.39 is 0 Å². The van der Waals surface area contributed by atoms with Gasteiger partial charge in [0.1, 0.15) is 6.33 Å². The highest BCUT2D eigenvalue weighted by atomic mass is 16.5. The molecule has 0 aromatic carbocycles. The van der Waals surface area contributed by atoms with Gasteiger partial charge in [0, 0.05) is 37.8 Å². The summed E-state index contributed by atoms with van der Waals surface area (Å²) in [7, 11) is 0. The van der Waals surface area contributed by atoms with Crippen LogP contribution in [0.25, 0.3) is 0 Å². The van der Waals surface area contributed by atoms with Crippen LogP contribution in [-0.2, 0) is 19.4 Å². The molecule has 110 valence electrons. The molecule has 3 heterocycles. The summed E-state index contributed by atoms with van der Waals surface area (Å²) < 4.78 is 5.63. The molecule has 0 atom stereocenters. The zero-order chi connectivity index (χ0) is 14.5. The molecule has 1 aliphatic rings. The van der Waals surface area contributed by atoms with Gasteiger partial charge in [-0.2, -0.15) is 0 Å². The van der Waals surface area contributed by atoms with Crippen molar-refractivity contribution in [3.05, 3.63) is 47.7 Å². The van der Waals surface area contributed by atoms with Crippen LogP contribution in [0, 0.1) is 0 Å². The highest BCUT2D eigenvalue weighted by molar-refractivity contribution is 5.31. The molecule has 0 saturated carbocycles. The fourth-order valence-electron chi connectivity index (χ4n) is 2.68. The van der Waals surface area contributed by atoms with Crippen molar-refractivity contribution < 1.29 is 4.74 Å². The van der Waals surface area contributed by atoms with Crippen molar-refractivity contribution in [3.63, 3.8) is 0 Å². The van der Waals surface area contributed by atoms with Gasteiger partial charge in [0.25, 0.3) is 0 Å². The van der Waals surface area contributed by atoms with Crippen molar-refractivity contribution in [1.29, 1.82) is 0 Å². The van der Waals surface area contributed by atoms with Crippen LogP contribution in [-0.4, -0.2) is 39.5 Å². The molecular weight excluding hydrogens is 264 g/mol. The van der Waals surface area contributed by atoms with Crippen molar-refractivity contribution in [1.82, 2.24) is 19.9 Å². The fraction of sp³-hybridized carbons (Fsp3) is 0.438. The van der Waals surface area contributed by atoms with Gasteiger partial charge in [-0.25, -0.2) is 9.97 Å². The molecule has 2 aromatic rings. The molecule has 0 radical (unpaired) electrons. The second-order valence-corrected chi connectivity index (χ2v) is 5.13. The first-order valence-corrected chi connectivity index (χ1v) is 7.44. The maximum absolute atomic E-state index is 5.63. The Kier molecular flexibility index (Phi) is 4.40. The van der Waals surface area contributed by atoms with E-state index in [4.69, 9.17) is 4.74 Å². The molecule has 0 spiro atoms. The second kappa shape index (κ2) is 6.63. The molecule has 5 nitrogen and oxygen atoms in total. The molecule has 0 aliphatic carbocycles. The quantitative estimate of drug-likeness (QED) is 0.858. The Morgan fingerprint density at radius 2 is 2.05 bits per heavy atom. The van der Waals surface area contributed by atoms with Crippen LogP contribution in [0.15, 0.2) is 30.7 Å². The summed E-state index contributed by atoms with van der Waals surface area (Å²) in [6.07, 6.45) is 5.32. The predicted octanol–water partition coefficient (Wildman–Crippen LogP) is 1.87. The average molecular weight is 284 g/mol. The van der Waals surface area contributed by atoms with E-state index in [-0.39, 0.29) is 0 Å². The van der Waals surface area contributed by atoms with E-state index in [1.54, 1.807) is 6.33 Å². The van der Waals surface area contributed by atoms with E-state index in [0.717, 1.165) is 49.7 Å². The lowest BCUT2D eigenvalue weighted by Crippen LogP contribution is -2.26. The molecule has 0 amide bonds. The van der Waals surface area contributed by atoms with Crippen molar-refractivity contribution in [2.75, 3.05) is 19.7 Å². The SMILES string of the molecule is CCOc1ncnc2c1CCN(Cc1ccccn1)CC2. The van der Waals surface area contributed by atoms with E-state index >= 15 is 0 Å². The molecule has 1 aliphatic heterocycles. The van der Waals surface area contributed by atoms with Gasteiger partial charge in [-0.05, 0) is 25.5 Å². The number of ether oxygens (including phenoxy) is 1. The lowest BCUT2D eigenvalue weighted by Gasteiger charge is -2.18. The Morgan fingerprint density at radius 3 is 2.86 bits per heavy atom. The summed E-state index contributed by atoms with van der Waals surface area (Å²) in [5.74, 6) is 0.752. The molecule has 0 saturated heterocycles.